The number of fused-ring (bicyclic) bond motifs is 1. The molecular formula is C25H26F3N5O2. The van der Waals surface area contributed by atoms with E-state index in [9.17, 15) is 13.2 Å². The predicted molar refractivity (Wildman–Crippen MR) is 120 cm³/mol. The fraction of sp³-hybridized carbons (Fsp3) is 0.560. The van der Waals surface area contributed by atoms with Crippen molar-refractivity contribution in [3.63, 3.8) is 0 Å². The minimum Gasteiger partial charge on any atom is -0.481 e. The van der Waals surface area contributed by atoms with Gasteiger partial charge in [-0.05, 0) is 57.6 Å². The maximum atomic E-state index is 13.6. The Morgan fingerprint density at radius 2 is 1.77 bits per heavy atom. The van der Waals surface area contributed by atoms with Crippen LogP contribution in [0.5, 0.6) is 5.88 Å². The normalized spacial score (nSPS) is 30.0. The van der Waals surface area contributed by atoms with Crippen LogP contribution in [0.25, 0.3) is 11.2 Å². The second-order valence-corrected chi connectivity index (χ2v) is 10.3. The summed E-state index contributed by atoms with van der Waals surface area (Å²) >= 11 is 0. The number of methoxy groups -OCH3 is 1. The third-order valence-corrected chi connectivity index (χ3v) is 8.08. The molecule has 7 nitrogen and oxygen atoms in total. The van der Waals surface area contributed by atoms with Crippen LogP contribution in [0.1, 0.15) is 72.6 Å². The molecule has 4 fully saturated rings. The van der Waals surface area contributed by atoms with Crippen molar-refractivity contribution < 1.29 is 22.6 Å². The molecule has 2 bridgehead atoms. The Morgan fingerprint density at radius 3 is 2.43 bits per heavy atom. The highest BCUT2D eigenvalue weighted by atomic mass is 19.4. The van der Waals surface area contributed by atoms with Crippen molar-refractivity contribution in [3.8, 4) is 5.88 Å². The van der Waals surface area contributed by atoms with Crippen LogP contribution in [0.3, 0.4) is 0 Å². The van der Waals surface area contributed by atoms with Gasteiger partial charge in [-0.15, -0.1) is 0 Å². The topological polar surface area (TPSA) is 82.9 Å². The minimum absolute atomic E-state index is 0.00802. The Labute approximate surface area is 200 Å². The first-order chi connectivity index (χ1) is 16.6. The van der Waals surface area contributed by atoms with Crippen molar-refractivity contribution >= 4 is 11.2 Å². The largest absolute Gasteiger partial charge is 0.481 e. The van der Waals surface area contributed by atoms with Gasteiger partial charge in [0.15, 0.2) is 5.65 Å². The number of alkyl halides is 3. The van der Waals surface area contributed by atoms with E-state index >= 15 is 0 Å². The highest BCUT2D eigenvalue weighted by Crippen LogP contribution is 2.78. The molecule has 4 heterocycles. The summed E-state index contributed by atoms with van der Waals surface area (Å²) in [4.78, 5) is 23.3. The lowest BCUT2D eigenvalue weighted by atomic mass is 9.34. The van der Waals surface area contributed by atoms with Gasteiger partial charge in [-0.2, -0.15) is 13.2 Å². The summed E-state index contributed by atoms with van der Waals surface area (Å²) in [7, 11) is 1.57. The quantitative estimate of drug-likeness (QED) is 0.511. The summed E-state index contributed by atoms with van der Waals surface area (Å²) in [6, 6.07) is 3.73. The second-order valence-electron chi connectivity index (χ2n) is 10.3. The van der Waals surface area contributed by atoms with Gasteiger partial charge in [-0.25, -0.2) is 24.9 Å². The second kappa shape index (κ2) is 7.56. The zero-order chi connectivity index (χ0) is 24.6. The minimum atomic E-state index is -4.18. The fourth-order valence-corrected chi connectivity index (χ4v) is 5.99. The molecule has 7 rings (SSSR count). The van der Waals surface area contributed by atoms with E-state index in [-0.39, 0.29) is 31.3 Å². The van der Waals surface area contributed by atoms with Crippen LogP contribution in [0.2, 0.25) is 0 Å². The Morgan fingerprint density at radius 1 is 1.03 bits per heavy atom. The molecule has 3 aliphatic carbocycles. The van der Waals surface area contributed by atoms with E-state index < -0.39 is 17.0 Å². The lowest BCUT2D eigenvalue weighted by Gasteiger charge is -2.70. The smallest absolute Gasteiger partial charge is 0.394 e. The van der Waals surface area contributed by atoms with Crippen molar-refractivity contribution in [2.75, 3.05) is 13.7 Å². The SMILES string of the molecule is COc1ccc(C2CC(c3nc(C45CC(C(F)(F)F)(C4)C5)c4nc(C)c(C)nc4n3)CCO2)cn1. The number of ether oxygens (including phenoxy) is 2. The van der Waals surface area contributed by atoms with E-state index in [0.717, 1.165) is 23.4 Å². The number of rotatable bonds is 4. The average Bonchev–Trinajstić information content (AvgIpc) is 2.77. The maximum absolute atomic E-state index is 13.6. The third-order valence-electron chi connectivity index (χ3n) is 8.08. The van der Waals surface area contributed by atoms with Gasteiger partial charge in [0.05, 0.1) is 35.7 Å². The first-order valence-corrected chi connectivity index (χ1v) is 11.8. The molecule has 4 aliphatic rings. The molecule has 2 unspecified atom stereocenters. The van der Waals surface area contributed by atoms with Gasteiger partial charge in [-0.1, -0.05) is 0 Å². The van der Waals surface area contributed by atoms with Crippen LogP contribution in [-0.4, -0.2) is 44.8 Å². The van der Waals surface area contributed by atoms with Gasteiger partial charge < -0.3 is 9.47 Å². The summed E-state index contributed by atoms with van der Waals surface area (Å²) < 4.78 is 51.9. The molecule has 3 aromatic heterocycles. The van der Waals surface area contributed by atoms with E-state index in [2.05, 4.69) is 15.0 Å². The van der Waals surface area contributed by atoms with Crippen molar-refractivity contribution in [1.29, 1.82) is 0 Å². The van der Waals surface area contributed by atoms with Gasteiger partial charge in [0, 0.05) is 30.2 Å². The number of halogens is 3. The van der Waals surface area contributed by atoms with Gasteiger partial charge in [0.2, 0.25) is 5.88 Å². The Bertz CT molecular complexity index is 1290. The van der Waals surface area contributed by atoms with Crippen LogP contribution in [0.4, 0.5) is 13.2 Å². The standard InChI is InChI=1S/C25H26F3N5O2/c1-13-14(2)31-22-19(30-13)20(23-10-24(11-23,12-23)25(26,27)28)32-21(33-22)15-6-7-35-17(8-15)16-4-5-18(34-3)29-9-16/h4-5,9,15,17H,6-8,10-12H2,1-3H3. The molecule has 1 aliphatic heterocycles. The Balaban J connectivity index is 1.36. The van der Waals surface area contributed by atoms with Gasteiger partial charge >= 0.3 is 6.18 Å². The lowest BCUT2D eigenvalue weighted by Crippen LogP contribution is -2.70. The number of aromatic nitrogens is 5. The van der Waals surface area contributed by atoms with E-state index in [4.69, 9.17) is 19.4 Å². The molecule has 184 valence electrons. The third kappa shape index (κ3) is 3.40. The number of pyridine rings is 1. The molecule has 3 aromatic rings. The molecular weight excluding hydrogens is 459 g/mol. The van der Waals surface area contributed by atoms with Crippen LogP contribution < -0.4 is 4.74 Å². The highest BCUT2D eigenvalue weighted by Gasteiger charge is 2.79. The highest BCUT2D eigenvalue weighted by molar-refractivity contribution is 5.75. The summed E-state index contributed by atoms with van der Waals surface area (Å²) in [6.07, 6.45) is -1.04. The molecule has 3 saturated carbocycles. The van der Waals surface area contributed by atoms with Gasteiger partial charge in [0.25, 0.3) is 0 Å². The Kier molecular flexibility index (Phi) is 4.87. The summed E-state index contributed by atoms with van der Waals surface area (Å²) in [5.74, 6) is 1.14. The first kappa shape index (κ1) is 22.6. The molecule has 1 saturated heterocycles. The molecule has 2 atom stereocenters. The number of nitrogens with zero attached hydrogens (tertiary/aromatic N) is 5. The average molecular weight is 486 g/mol. The van der Waals surface area contributed by atoms with Crippen LogP contribution in [-0.2, 0) is 10.2 Å². The number of aryl methyl sites for hydroxylation is 2. The lowest BCUT2D eigenvalue weighted by molar-refractivity contribution is -0.337. The molecule has 0 radical (unpaired) electrons. The van der Waals surface area contributed by atoms with E-state index in [1.54, 1.807) is 19.4 Å². The monoisotopic (exact) mass is 485 g/mol. The van der Waals surface area contributed by atoms with E-state index in [1.165, 1.54) is 0 Å². The van der Waals surface area contributed by atoms with Crippen molar-refractivity contribution in [1.82, 2.24) is 24.9 Å². The summed E-state index contributed by atoms with van der Waals surface area (Å²) in [5.41, 5.74) is 1.91. The fourth-order valence-electron chi connectivity index (χ4n) is 5.99. The van der Waals surface area contributed by atoms with Crippen molar-refractivity contribution in [2.24, 2.45) is 5.41 Å². The molecule has 10 heteroatoms. The van der Waals surface area contributed by atoms with E-state index in [0.29, 0.717) is 41.6 Å². The molecule has 0 N–H and O–H groups in total. The van der Waals surface area contributed by atoms with Crippen molar-refractivity contribution in [2.45, 2.75) is 69.6 Å². The molecule has 0 spiro atoms. The summed E-state index contributed by atoms with van der Waals surface area (Å²) in [5, 5.41) is 0. The molecule has 0 aromatic carbocycles. The van der Waals surface area contributed by atoms with E-state index in [1.807, 2.05) is 19.9 Å². The number of hydrogen-bond donors (Lipinski definition) is 0. The summed E-state index contributed by atoms with van der Waals surface area (Å²) in [6.45, 7) is 4.24. The Hall–Kier alpha value is -2.88. The predicted octanol–water partition coefficient (Wildman–Crippen LogP) is 5.06. The zero-order valence-electron chi connectivity index (χ0n) is 19.8. The van der Waals surface area contributed by atoms with Crippen LogP contribution >= 0.6 is 0 Å². The first-order valence-electron chi connectivity index (χ1n) is 11.8. The van der Waals surface area contributed by atoms with Crippen LogP contribution in [0, 0.1) is 19.3 Å². The molecule has 0 amide bonds. The maximum Gasteiger partial charge on any atom is 0.394 e. The zero-order valence-corrected chi connectivity index (χ0v) is 19.8. The van der Waals surface area contributed by atoms with Crippen LogP contribution in [0.15, 0.2) is 18.3 Å². The molecule has 35 heavy (non-hydrogen) atoms. The van der Waals surface area contributed by atoms with Gasteiger partial charge in [0.1, 0.15) is 11.3 Å². The van der Waals surface area contributed by atoms with Gasteiger partial charge in [-0.3, -0.25) is 0 Å². The van der Waals surface area contributed by atoms with Crippen molar-refractivity contribution in [3.05, 3.63) is 46.8 Å². The number of hydrogen-bond acceptors (Lipinski definition) is 7.